The van der Waals surface area contributed by atoms with E-state index in [9.17, 15) is 9.18 Å². The van der Waals surface area contributed by atoms with Gasteiger partial charge in [-0.15, -0.1) is 0 Å². The van der Waals surface area contributed by atoms with Gasteiger partial charge in [0, 0.05) is 17.4 Å². The molecule has 0 aliphatic carbocycles. The largest absolute Gasteiger partial charge is 0.352 e. The lowest BCUT2D eigenvalue weighted by atomic mass is 9.96. The highest BCUT2D eigenvalue weighted by Crippen LogP contribution is 2.18. The molecule has 5 heteroatoms. The van der Waals surface area contributed by atoms with Gasteiger partial charge >= 0.3 is 0 Å². The molecular formula is C14H18BrFN2O. The van der Waals surface area contributed by atoms with Crippen molar-refractivity contribution in [1.82, 2.24) is 10.6 Å². The zero-order chi connectivity index (χ0) is 13.7. The van der Waals surface area contributed by atoms with Crippen LogP contribution in [0.25, 0.3) is 0 Å². The smallest absolute Gasteiger partial charge is 0.220 e. The molecule has 2 N–H and O–H groups in total. The van der Waals surface area contributed by atoms with E-state index in [1.807, 2.05) is 0 Å². The Hall–Kier alpha value is -0.940. The Labute approximate surface area is 121 Å². The van der Waals surface area contributed by atoms with Crippen LogP contribution >= 0.6 is 15.9 Å². The molecule has 1 heterocycles. The second kappa shape index (κ2) is 7.01. The van der Waals surface area contributed by atoms with Crippen LogP contribution in [0.5, 0.6) is 0 Å². The predicted molar refractivity (Wildman–Crippen MR) is 76.2 cm³/mol. The van der Waals surface area contributed by atoms with E-state index in [2.05, 4.69) is 26.6 Å². The first-order valence-electron chi connectivity index (χ1n) is 6.56. The Bertz CT molecular complexity index is 447. The Morgan fingerprint density at radius 1 is 1.53 bits per heavy atom. The van der Waals surface area contributed by atoms with Crippen molar-refractivity contribution in [2.24, 2.45) is 5.92 Å². The molecule has 1 amide bonds. The Morgan fingerprint density at radius 3 is 3.11 bits per heavy atom. The number of hydrogen-bond donors (Lipinski definition) is 2. The SMILES string of the molecule is O=C(CC1CCCNC1)NCc1cc(F)ccc1Br. The van der Waals surface area contributed by atoms with Crippen molar-refractivity contribution in [2.45, 2.75) is 25.8 Å². The van der Waals surface area contributed by atoms with Gasteiger partial charge in [-0.3, -0.25) is 4.79 Å². The molecule has 19 heavy (non-hydrogen) atoms. The Balaban J connectivity index is 1.81. The molecule has 0 aromatic heterocycles. The number of carbonyl (C=O) groups excluding carboxylic acids is 1. The summed E-state index contributed by atoms with van der Waals surface area (Å²) < 4.78 is 13.9. The molecule has 1 aromatic rings. The van der Waals surface area contributed by atoms with Gasteiger partial charge in [0.2, 0.25) is 5.91 Å². The topological polar surface area (TPSA) is 41.1 Å². The van der Waals surface area contributed by atoms with Crippen molar-refractivity contribution in [3.8, 4) is 0 Å². The van der Waals surface area contributed by atoms with E-state index in [1.54, 1.807) is 6.07 Å². The van der Waals surface area contributed by atoms with E-state index in [0.717, 1.165) is 36.0 Å². The summed E-state index contributed by atoms with van der Waals surface area (Å²) in [5.41, 5.74) is 0.759. The maximum absolute atomic E-state index is 13.1. The highest BCUT2D eigenvalue weighted by atomic mass is 79.9. The number of carbonyl (C=O) groups is 1. The van der Waals surface area contributed by atoms with E-state index in [1.165, 1.54) is 12.1 Å². The highest BCUT2D eigenvalue weighted by Gasteiger charge is 2.16. The number of piperidine rings is 1. The van der Waals surface area contributed by atoms with Crippen LogP contribution in [0.3, 0.4) is 0 Å². The second-order valence-electron chi connectivity index (χ2n) is 4.93. The third-order valence-electron chi connectivity index (χ3n) is 3.36. The van der Waals surface area contributed by atoms with Gasteiger partial charge in [0.25, 0.3) is 0 Å². The van der Waals surface area contributed by atoms with E-state index in [4.69, 9.17) is 0 Å². The minimum absolute atomic E-state index is 0.0323. The van der Waals surface area contributed by atoms with E-state index < -0.39 is 0 Å². The molecule has 0 bridgehead atoms. The lowest BCUT2D eigenvalue weighted by molar-refractivity contribution is -0.122. The number of amides is 1. The van der Waals surface area contributed by atoms with Crippen molar-refractivity contribution in [2.75, 3.05) is 13.1 Å². The standard InChI is InChI=1S/C14H18BrFN2O/c15-13-4-3-12(16)7-11(13)9-18-14(19)6-10-2-1-5-17-8-10/h3-4,7,10,17H,1-2,5-6,8-9H2,(H,18,19). The van der Waals surface area contributed by atoms with Crippen LogP contribution in [0.15, 0.2) is 22.7 Å². The predicted octanol–water partition coefficient (Wildman–Crippen LogP) is 2.59. The molecule has 2 rings (SSSR count). The molecule has 1 fully saturated rings. The minimum atomic E-state index is -0.288. The normalized spacial score (nSPS) is 19.2. The molecule has 0 radical (unpaired) electrons. The maximum Gasteiger partial charge on any atom is 0.220 e. The maximum atomic E-state index is 13.1. The minimum Gasteiger partial charge on any atom is -0.352 e. The van der Waals surface area contributed by atoms with Gasteiger partial charge in [-0.2, -0.15) is 0 Å². The van der Waals surface area contributed by atoms with Gasteiger partial charge in [-0.1, -0.05) is 15.9 Å². The van der Waals surface area contributed by atoms with Gasteiger partial charge < -0.3 is 10.6 Å². The van der Waals surface area contributed by atoms with E-state index in [0.29, 0.717) is 18.9 Å². The summed E-state index contributed by atoms with van der Waals surface area (Å²) >= 11 is 3.35. The average Bonchev–Trinajstić information content (AvgIpc) is 2.41. The Morgan fingerprint density at radius 2 is 2.37 bits per heavy atom. The van der Waals surface area contributed by atoms with Crippen LogP contribution in [-0.2, 0) is 11.3 Å². The first kappa shape index (κ1) is 14.5. The zero-order valence-corrected chi connectivity index (χ0v) is 12.3. The number of benzene rings is 1. The van der Waals surface area contributed by atoms with Crippen molar-refractivity contribution in [3.05, 3.63) is 34.1 Å². The summed E-state index contributed by atoms with van der Waals surface area (Å²) in [6.45, 7) is 2.32. The number of rotatable bonds is 4. The van der Waals surface area contributed by atoms with Crippen LogP contribution in [0.1, 0.15) is 24.8 Å². The van der Waals surface area contributed by atoms with Gasteiger partial charge in [0.05, 0.1) is 0 Å². The van der Waals surface area contributed by atoms with Crippen molar-refractivity contribution in [1.29, 1.82) is 0 Å². The van der Waals surface area contributed by atoms with Crippen molar-refractivity contribution in [3.63, 3.8) is 0 Å². The fourth-order valence-electron chi connectivity index (χ4n) is 2.31. The molecule has 0 spiro atoms. The molecule has 1 aliphatic rings. The molecule has 104 valence electrons. The molecule has 1 aromatic carbocycles. The summed E-state index contributed by atoms with van der Waals surface area (Å²) in [6, 6.07) is 4.48. The average molecular weight is 329 g/mol. The molecule has 1 unspecified atom stereocenters. The number of halogens is 2. The fraction of sp³-hybridized carbons (Fsp3) is 0.500. The Kier molecular flexibility index (Phi) is 5.34. The molecule has 1 aliphatic heterocycles. The molecule has 1 atom stereocenters. The molecule has 0 saturated carbocycles. The summed E-state index contributed by atoms with van der Waals surface area (Å²) in [5, 5.41) is 6.14. The van der Waals surface area contributed by atoms with Gasteiger partial charge in [0.1, 0.15) is 5.82 Å². The van der Waals surface area contributed by atoms with Crippen LogP contribution in [-0.4, -0.2) is 19.0 Å². The fourth-order valence-corrected chi connectivity index (χ4v) is 2.69. The third-order valence-corrected chi connectivity index (χ3v) is 4.13. The molecule has 1 saturated heterocycles. The van der Waals surface area contributed by atoms with Crippen LogP contribution < -0.4 is 10.6 Å². The first-order chi connectivity index (χ1) is 9.15. The van der Waals surface area contributed by atoms with Gasteiger partial charge in [0.15, 0.2) is 0 Å². The summed E-state index contributed by atoms with van der Waals surface area (Å²) in [6.07, 6.45) is 2.78. The summed E-state index contributed by atoms with van der Waals surface area (Å²) in [5.74, 6) is 0.165. The van der Waals surface area contributed by atoms with E-state index in [-0.39, 0.29) is 11.7 Å². The lowest BCUT2D eigenvalue weighted by Crippen LogP contribution is -2.34. The second-order valence-corrected chi connectivity index (χ2v) is 5.78. The van der Waals surface area contributed by atoms with Crippen LogP contribution in [0.4, 0.5) is 4.39 Å². The lowest BCUT2D eigenvalue weighted by Gasteiger charge is -2.22. The van der Waals surface area contributed by atoms with Gasteiger partial charge in [-0.25, -0.2) is 4.39 Å². The van der Waals surface area contributed by atoms with Crippen molar-refractivity contribution >= 4 is 21.8 Å². The molecule has 3 nitrogen and oxygen atoms in total. The summed E-state index contributed by atoms with van der Waals surface area (Å²) in [4.78, 5) is 11.8. The van der Waals surface area contributed by atoms with Gasteiger partial charge in [-0.05, 0) is 55.6 Å². The third kappa shape index (κ3) is 4.58. The monoisotopic (exact) mass is 328 g/mol. The van der Waals surface area contributed by atoms with E-state index >= 15 is 0 Å². The zero-order valence-electron chi connectivity index (χ0n) is 10.7. The quantitative estimate of drug-likeness (QED) is 0.892. The van der Waals surface area contributed by atoms with Crippen LogP contribution in [0.2, 0.25) is 0 Å². The number of hydrogen-bond acceptors (Lipinski definition) is 2. The number of nitrogens with one attached hydrogen (secondary N) is 2. The van der Waals surface area contributed by atoms with Crippen LogP contribution in [0, 0.1) is 11.7 Å². The highest BCUT2D eigenvalue weighted by molar-refractivity contribution is 9.10. The molecular weight excluding hydrogens is 311 g/mol. The van der Waals surface area contributed by atoms with Crippen molar-refractivity contribution < 1.29 is 9.18 Å². The summed E-state index contributed by atoms with van der Waals surface area (Å²) in [7, 11) is 0. The first-order valence-corrected chi connectivity index (χ1v) is 7.36.